The lowest BCUT2D eigenvalue weighted by atomic mass is 9.76. The predicted octanol–water partition coefficient (Wildman–Crippen LogP) is 12.1. The molecule has 4 heteroatoms. The van der Waals surface area contributed by atoms with Crippen LogP contribution in [-0.2, 0) is 0 Å². The van der Waals surface area contributed by atoms with E-state index in [1.165, 1.54) is 32.8 Å². The largest absolute Gasteiger partial charge is 0.460 e. The van der Waals surface area contributed by atoms with Crippen LogP contribution in [0, 0.1) is 5.92 Å². The summed E-state index contributed by atoms with van der Waals surface area (Å²) >= 11 is 0. The van der Waals surface area contributed by atoms with Crippen LogP contribution in [0.15, 0.2) is 174 Å². The van der Waals surface area contributed by atoms with Crippen LogP contribution in [0.2, 0.25) is 0 Å². The van der Waals surface area contributed by atoms with Crippen LogP contribution in [0.3, 0.4) is 0 Å². The molecule has 0 amide bonds. The molecule has 4 nitrogen and oxygen atoms in total. The zero-order valence-corrected chi connectivity index (χ0v) is 28.6. The minimum Gasteiger partial charge on any atom is -0.460 e. The topological polar surface area (TPSA) is 51.8 Å². The van der Waals surface area contributed by atoms with Crippen molar-refractivity contribution in [2.24, 2.45) is 5.92 Å². The molecule has 0 fully saturated rings. The molecule has 0 N–H and O–H groups in total. The molecule has 0 radical (unpaired) electrons. The average molecular weight is 668 g/mol. The molecule has 1 aliphatic carbocycles. The molecule has 7 aromatic carbocycles. The van der Waals surface area contributed by atoms with E-state index in [0.717, 1.165) is 44.4 Å². The van der Waals surface area contributed by atoms with Gasteiger partial charge in [-0.3, -0.25) is 0 Å². The molecule has 2 heterocycles. The lowest BCUT2D eigenvalue weighted by molar-refractivity contribution is 0.468. The van der Waals surface area contributed by atoms with Gasteiger partial charge in [0.15, 0.2) is 17.5 Å². The maximum absolute atomic E-state index is 6.81. The van der Waals surface area contributed by atoms with E-state index in [2.05, 4.69) is 146 Å². The number of allylic oxidation sites excluding steroid dienone is 1. The van der Waals surface area contributed by atoms with E-state index >= 15 is 0 Å². The second-order valence-corrected chi connectivity index (χ2v) is 13.7. The Labute approximate surface area is 301 Å². The van der Waals surface area contributed by atoms with Crippen LogP contribution in [0.25, 0.3) is 72.0 Å². The van der Waals surface area contributed by atoms with Crippen LogP contribution in [0.5, 0.6) is 0 Å². The molecule has 1 aliphatic rings. The zero-order valence-electron chi connectivity index (χ0n) is 28.6. The minimum atomic E-state index is 0.0324. The number of hydrogen-bond donors (Lipinski definition) is 0. The number of rotatable bonds is 5. The Morgan fingerprint density at radius 3 is 1.87 bits per heavy atom. The van der Waals surface area contributed by atoms with Crippen LogP contribution < -0.4 is 0 Å². The fraction of sp³-hybridized carbons (Fsp3) is 0.0625. The van der Waals surface area contributed by atoms with Crippen LogP contribution >= 0.6 is 0 Å². The number of hydrogen-bond acceptors (Lipinski definition) is 4. The van der Waals surface area contributed by atoms with Gasteiger partial charge in [-0.15, -0.1) is 0 Å². The highest BCUT2D eigenvalue weighted by Crippen LogP contribution is 2.48. The van der Waals surface area contributed by atoms with Crippen molar-refractivity contribution in [3.05, 3.63) is 193 Å². The van der Waals surface area contributed by atoms with Gasteiger partial charge in [-0.05, 0) is 62.4 Å². The molecule has 0 spiro atoms. The molecule has 2 unspecified atom stereocenters. The van der Waals surface area contributed by atoms with Crippen molar-refractivity contribution >= 4 is 38.1 Å². The van der Waals surface area contributed by atoms with Crippen molar-refractivity contribution in [2.45, 2.75) is 12.8 Å². The van der Waals surface area contributed by atoms with Crippen LogP contribution in [-0.4, -0.2) is 15.0 Å². The highest BCUT2D eigenvalue weighted by molar-refractivity contribution is 5.98. The first-order valence-electron chi connectivity index (χ1n) is 17.8. The lowest BCUT2D eigenvalue weighted by Gasteiger charge is -2.27. The van der Waals surface area contributed by atoms with Gasteiger partial charge in [-0.1, -0.05) is 159 Å². The van der Waals surface area contributed by atoms with Gasteiger partial charge in [0.05, 0.1) is 0 Å². The number of para-hydroxylation sites is 1. The van der Waals surface area contributed by atoms with Gasteiger partial charge in [-0.2, -0.15) is 0 Å². The monoisotopic (exact) mass is 667 g/mol. The highest BCUT2D eigenvalue weighted by atomic mass is 16.3. The summed E-state index contributed by atoms with van der Waals surface area (Å²) in [6.07, 6.45) is 2.34. The summed E-state index contributed by atoms with van der Waals surface area (Å²) < 4.78 is 6.81. The Morgan fingerprint density at radius 2 is 1.06 bits per heavy atom. The summed E-state index contributed by atoms with van der Waals surface area (Å²) in [6.45, 7) is 2.27. The van der Waals surface area contributed by atoms with Crippen molar-refractivity contribution in [3.63, 3.8) is 0 Å². The van der Waals surface area contributed by atoms with Gasteiger partial charge in [0, 0.05) is 33.6 Å². The van der Waals surface area contributed by atoms with Crippen molar-refractivity contribution in [1.29, 1.82) is 0 Å². The zero-order chi connectivity index (χ0) is 34.6. The molecule has 9 aromatic rings. The van der Waals surface area contributed by atoms with Gasteiger partial charge >= 0.3 is 0 Å². The van der Waals surface area contributed by atoms with Crippen molar-refractivity contribution < 1.29 is 4.42 Å². The third kappa shape index (κ3) is 5.19. The molecule has 0 saturated heterocycles. The number of nitrogens with zero attached hydrogens (tertiary/aromatic N) is 3. The highest BCUT2D eigenvalue weighted by Gasteiger charge is 2.35. The molecule has 10 rings (SSSR count). The van der Waals surface area contributed by atoms with Crippen molar-refractivity contribution in [2.75, 3.05) is 0 Å². The Bertz CT molecular complexity index is 2820. The maximum atomic E-state index is 6.81. The van der Waals surface area contributed by atoms with E-state index in [1.807, 2.05) is 30.3 Å². The number of benzene rings is 7. The first kappa shape index (κ1) is 30.2. The Hall–Kier alpha value is -6.65. The fourth-order valence-electron chi connectivity index (χ4n) is 7.82. The fourth-order valence-corrected chi connectivity index (χ4v) is 7.82. The predicted molar refractivity (Wildman–Crippen MR) is 212 cm³/mol. The van der Waals surface area contributed by atoms with Gasteiger partial charge in [0.25, 0.3) is 0 Å². The molecule has 0 bridgehead atoms. The number of aromatic nitrogens is 3. The van der Waals surface area contributed by atoms with Gasteiger partial charge in [0.2, 0.25) is 0 Å². The van der Waals surface area contributed by atoms with Gasteiger partial charge in [-0.25, -0.2) is 15.0 Å². The SMILES string of the molecule is CC1C=C(c2nc(-c3ccccc3)nc(-c3ccc4ccc(-c5ccccc5)cc4c3)n2)c2c(oc3ccccc23)C1c1ccc2ccccc2c1. The summed E-state index contributed by atoms with van der Waals surface area (Å²) in [4.78, 5) is 15.6. The number of furan rings is 1. The first-order valence-corrected chi connectivity index (χ1v) is 17.8. The summed E-state index contributed by atoms with van der Waals surface area (Å²) in [5.74, 6) is 3.00. The molecule has 0 aliphatic heterocycles. The van der Waals surface area contributed by atoms with E-state index in [1.54, 1.807) is 0 Å². The normalized spacial score (nSPS) is 15.5. The van der Waals surface area contributed by atoms with Gasteiger partial charge in [0.1, 0.15) is 11.3 Å². The van der Waals surface area contributed by atoms with Crippen molar-refractivity contribution in [1.82, 2.24) is 15.0 Å². The minimum absolute atomic E-state index is 0.0324. The average Bonchev–Trinajstić information content (AvgIpc) is 3.59. The van der Waals surface area contributed by atoms with E-state index in [-0.39, 0.29) is 11.8 Å². The maximum Gasteiger partial charge on any atom is 0.164 e. The summed E-state index contributed by atoms with van der Waals surface area (Å²) in [5.41, 5.74) is 8.35. The van der Waals surface area contributed by atoms with E-state index < -0.39 is 0 Å². The van der Waals surface area contributed by atoms with Crippen LogP contribution in [0.4, 0.5) is 0 Å². The molecule has 2 aromatic heterocycles. The molecular weight excluding hydrogens is 635 g/mol. The molecule has 246 valence electrons. The van der Waals surface area contributed by atoms with E-state index in [0.29, 0.717) is 17.5 Å². The summed E-state index contributed by atoms with van der Waals surface area (Å²) in [6, 6.07) is 57.4. The Balaban J connectivity index is 1.16. The van der Waals surface area contributed by atoms with Crippen molar-refractivity contribution in [3.8, 4) is 33.9 Å². The lowest BCUT2D eigenvalue weighted by Crippen LogP contribution is -2.17. The molecule has 0 saturated carbocycles. The smallest absolute Gasteiger partial charge is 0.164 e. The molecule has 52 heavy (non-hydrogen) atoms. The van der Waals surface area contributed by atoms with Gasteiger partial charge < -0.3 is 4.42 Å². The third-order valence-electron chi connectivity index (χ3n) is 10.4. The second-order valence-electron chi connectivity index (χ2n) is 13.7. The van der Waals surface area contributed by atoms with E-state index in [9.17, 15) is 0 Å². The summed E-state index contributed by atoms with van der Waals surface area (Å²) in [5, 5.41) is 5.81. The summed E-state index contributed by atoms with van der Waals surface area (Å²) in [7, 11) is 0. The first-order chi connectivity index (χ1) is 25.7. The molecule has 2 atom stereocenters. The Morgan fingerprint density at radius 1 is 0.462 bits per heavy atom. The standard InChI is InChI=1S/C48H33N3O/c1-30-26-41(44-40-18-10-11-19-42(40)52-45(44)43(30)37-24-21-32-14-8-9-17-35(32)27-37)48-50-46(34-15-6-3-7-16-34)49-47(51-48)38-25-22-33-20-23-36(28-39(33)29-38)31-12-4-2-5-13-31/h2-30,43H,1H3. The molecular formula is C48H33N3O. The van der Waals surface area contributed by atoms with E-state index in [4.69, 9.17) is 19.4 Å². The third-order valence-corrected chi connectivity index (χ3v) is 10.4. The Kier molecular flexibility index (Phi) is 7.14. The quantitative estimate of drug-likeness (QED) is 0.183. The van der Waals surface area contributed by atoms with Crippen LogP contribution in [0.1, 0.15) is 35.6 Å². The second kappa shape index (κ2) is 12.3. The number of fused-ring (bicyclic) bond motifs is 5.